The molecule has 0 aromatic heterocycles. The lowest BCUT2D eigenvalue weighted by atomic mass is 10.1. The monoisotopic (exact) mass is 386 g/mol. The molecule has 28 heavy (non-hydrogen) atoms. The first-order valence-electron chi connectivity index (χ1n) is 9.53. The maximum absolute atomic E-state index is 10.1. The molecule has 0 bridgehead atoms. The third kappa shape index (κ3) is 10.9. The number of carboxylic acid groups (broad SMARTS) is 2. The molecule has 2 aromatic rings. The molecule has 6 heteroatoms. The summed E-state index contributed by atoms with van der Waals surface area (Å²) in [5, 5.41) is 16.7. The van der Waals surface area contributed by atoms with Crippen LogP contribution in [0.25, 0.3) is 11.1 Å². The van der Waals surface area contributed by atoms with Crippen molar-refractivity contribution >= 4 is 23.3 Å². The predicted octanol–water partition coefficient (Wildman–Crippen LogP) is 4.79. The summed E-state index contributed by atoms with van der Waals surface area (Å²) in [4.78, 5) is 20.3. The van der Waals surface area contributed by atoms with Crippen molar-refractivity contribution < 1.29 is 19.8 Å². The van der Waals surface area contributed by atoms with Gasteiger partial charge in [0.1, 0.15) is 0 Å². The van der Waals surface area contributed by atoms with E-state index >= 15 is 0 Å². The van der Waals surface area contributed by atoms with E-state index in [1.165, 1.54) is 0 Å². The van der Waals surface area contributed by atoms with Gasteiger partial charge in [-0.2, -0.15) is 0 Å². The van der Waals surface area contributed by atoms with Gasteiger partial charge in [0.2, 0.25) is 0 Å². The Balaban J connectivity index is 0.000000280. The second-order valence-corrected chi connectivity index (χ2v) is 6.65. The number of unbranched alkanes of at least 4 members (excludes halogenated alkanes) is 5. The van der Waals surface area contributed by atoms with Crippen molar-refractivity contribution in [2.75, 3.05) is 11.5 Å². The summed E-state index contributed by atoms with van der Waals surface area (Å²) < 4.78 is 0. The Labute approximate surface area is 166 Å². The van der Waals surface area contributed by atoms with Gasteiger partial charge in [0.25, 0.3) is 0 Å². The lowest BCUT2D eigenvalue weighted by Crippen LogP contribution is -1.94. The average Bonchev–Trinajstić information content (AvgIpc) is 2.65. The number of rotatable bonds is 10. The predicted molar refractivity (Wildman–Crippen MR) is 113 cm³/mol. The van der Waals surface area contributed by atoms with Crippen LogP contribution in [0.4, 0.5) is 11.4 Å². The average molecular weight is 386 g/mol. The normalized spacial score (nSPS) is 10.0. The lowest BCUT2D eigenvalue weighted by molar-refractivity contribution is -0.138. The Morgan fingerprint density at radius 1 is 0.571 bits per heavy atom. The standard InChI is InChI=1S/C12H12N2.C10H18O4/c13-11-5-1-9(2-6-11)10-3-7-12(14)8-4-10;11-9(12)7-5-3-1-2-4-6-8-10(13)14/h1-8H,13-14H2;1-8H2,(H,11,12)(H,13,14). The first-order chi connectivity index (χ1) is 13.4. The van der Waals surface area contributed by atoms with Gasteiger partial charge in [-0.3, -0.25) is 9.59 Å². The van der Waals surface area contributed by atoms with Crippen molar-refractivity contribution in [2.45, 2.75) is 51.4 Å². The summed E-state index contributed by atoms with van der Waals surface area (Å²) in [6.45, 7) is 0. The fourth-order valence-corrected chi connectivity index (χ4v) is 2.61. The Hall–Kier alpha value is -3.02. The maximum Gasteiger partial charge on any atom is 0.303 e. The zero-order valence-corrected chi connectivity index (χ0v) is 16.1. The smallest absolute Gasteiger partial charge is 0.303 e. The van der Waals surface area contributed by atoms with Crippen LogP contribution in [0.1, 0.15) is 51.4 Å². The molecule has 0 atom stereocenters. The number of carboxylic acids is 2. The molecule has 0 radical (unpaired) electrons. The molecule has 2 aromatic carbocycles. The molecule has 0 aliphatic heterocycles. The summed E-state index contributed by atoms with van der Waals surface area (Å²) in [7, 11) is 0. The van der Waals surface area contributed by atoms with E-state index in [4.69, 9.17) is 21.7 Å². The zero-order chi connectivity index (χ0) is 20.8. The topological polar surface area (TPSA) is 127 Å². The van der Waals surface area contributed by atoms with E-state index in [0.29, 0.717) is 0 Å². The van der Waals surface area contributed by atoms with E-state index in [0.717, 1.165) is 61.0 Å². The number of benzene rings is 2. The molecule has 0 fully saturated rings. The molecular weight excluding hydrogens is 356 g/mol. The number of hydrogen-bond donors (Lipinski definition) is 4. The summed E-state index contributed by atoms with van der Waals surface area (Å²) in [6.07, 6.45) is 5.82. The summed E-state index contributed by atoms with van der Waals surface area (Å²) >= 11 is 0. The molecule has 0 unspecified atom stereocenters. The maximum atomic E-state index is 10.1. The van der Waals surface area contributed by atoms with E-state index in [2.05, 4.69) is 0 Å². The molecule has 0 saturated heterocycles. The van der Waals surface area contributed by atoms with Gasteiger partial charge in [0.15, 0.2) is 0 Å². The van der Waals surface area contributed by atoms with Crippen LogP contribution in [0, 0.1) is 0 Å². The largest absolute Gasteiger partial charge is 0.481 e. The van der Waals surface area contributed by atoms with Gasteiger partial charge in [0, 0.05) is 24.2 Å². The summed E-state index contributed by atoms with van der Waals surface area (Å²) in [5.41, 5.74) is 15.1. The van der Waals surface area contributed by atoms with Crippen LogP contribution in [0.3, 0.4) is 0 Å². The molecule has 0 heterocycles. The van der Waals surface area contributed by atoms with Crippen molar-refractivity contribution in [2.24, 2.45) is 0 Å². The van der Waals surface area contributed by atoms with Gasteiger partial charge in [-0.1, -0.05) is 49.9 Å². The molecule has 0 spiro atoms. The minimum Gasteiger partial charge on any atom is -0.481 e. The first kappa shape index (κ1) is 23.0. The SMILES string of the molecule is Nc1ccc(-c2ccc(N)cc2)cc1.O=C(O)CCCCCCCCC(=O)O. The lowest BCUT2D eigenvalue weighted by Gasteiger charge is -2.02. The van der Waals surface area contributed by atoms with Gasteiger partial charge in [0.05, 0.1) is 0 Å². The Bertz CT molecular complexity index is 649. The molecule has 0 aliphatic rings. The minimum absolute atomic E-state index is 0.245. The first-order valence-corrected chi connectivity index (χ1v) is 9.53. The zero-order valence-electron chi connectivity index (χ0n) is 16.1. The quantitative estimate of drug-likeness (QED) is 0.343. The van der Waals surface area contributed by atoms with Crippen LogP contribution in [0.5, 0.6) is 0 Å². The summed E-state index contributed by atoms with van der Waals surface area (Å²) in [5.74, 6) is -1.48. The van der Waals surface area contributed by atoms with Crippen LogP contribution in [0.2, 0.25) is 0 Å². The van der Waals surface area contributed by atoms with E-state index < -0.39 is 11.9 Å². The van der Waals surface area contributed by atoms with Crippen LogP contribution < -0.4 is 11.5 Å². The minimum atomic E-state index is -0.740. The van der Waals surface area contributed by atoms with Gasteiger partial charge >= 0.3 is 11.9 Å². The number of nitrogen functional groups attached to an aromatic ring is 2. The van der Waals surface area contributed by atoms with E-state index in [9.17, 15) is 9.59 Å². The van der Waals surface area contributed by atoms with Crippen LogP contribution in [0.15, 0.2) is 48.5 Å². The van der Waals surface area contributed by atoms with E-state index in [1.54, 1.807) is 0 Å². The molecule has 0 saturated carbocycles. The van der Waals surface area contributed by atoms with Gasteiger partial charge in [-0.05, 0) is 48.2 Å². The van der Waals surface area contributed by atoms with E-state index in [-0.39, 0.29) is 12.8 Å². The molecule has 6 nitrogen and oxygen atoms in total. The second kappa shape index (κ2) is 13.2. The molecule has 152 valence electrons. The fraction of sp³-hybridized carbons (Fsp3) is 0.364. The van der Waals surface area contributed by atoms with Crippen molar-refractivity contribution in [1.29, 1.82) is 0 Å². The second-order valence-electron chi connectivity index (χ2n) is 6.65. The van der Waals surface area contributed by atoms with Crippen LogP contribution in [-0.4, -0.2) is 22.2 Å². The number of aliphatic carboxylic acids is 2. The van der Waals surface area contributed by atoms with E-state index in [1.807, 2.05) is 48.5 Å². The molecule has 0 aliphatic carbocycles. The Morgan fingerprint density at radius 3 is 1.14 bits per heavy atom. The van der Waals surface area contributed by atoms with Gasteiger partial charge < -0.3 is 21.7 Å². The molecule has 0 amide bonds. The van der Waals surface area contributed by atoms with Crippen molar-refractivity contribution in [3.05, 3.63) is 48.5 Å². The highest BCUT2D eigenvalue weighted by atomic mass is 16.4. The number of carbonyl (C=O) groups is 2. The third-order valence-electron chi connectivity index (χ3n) is 4.19. The third-order valence-corrected chi connectivity index (χ3v) is 4.19. The van der Waals surface area contributed by atoms with Gasteiger partial charge in [-0.25, -0.2) is 0 Å². The molecule has 6 N–H and O–H groups in total. The Kier molecular flexibility index (Phi) is 10.8. The fourth-order valence-electron chi connectivity index (χ4n) is 2.61. The highest BCUT2D eigenvalue weighted by Gasteiger charge is 1.98. The van der Waals surface area contributed by atoms with Crippen molar-refractivity contribution in [3.8, 4) is 11.1 Å². The highest BCUT2D eigenvalue weighted by molar-refractivity contribution is 5.67. The molecular formula is C22H30N2O4. The Morgan fingerprint density at radius 2 is 0.857 bits per heavy atom. The highest BCUT2D eigenvalue weighted by Crippen LogP contribution is 2.21. The van der Waals surface area contributed by atoms with Gasteiger partial charge in [-0.15, -0.1) is 0 Å². The molecule has 2 rings (SSSR count). The van der Waals surface area contributed by atoms with Crippen LogP contribution in [-0.2, 0) is 9.59 Å². The summed E-state index contributed by atoms with van der Waals surface area (Å²) in [6, 6.07) is 15.6. The number of anilines is 2. The van der Waals surface area contributed by atoms with Crippen LogP contribution >= 0.6 is 0 Å². The number of nitrogens with two attached hydrogens (primary N) is 2. The number of hydrogen-bond acceptors (Lipinski definition) is 4. The van der Waals surface area contributed by atoms with Crippen molar-refractivity contribution in [3.63, 3.8) is 0 Å². The van der Waals surface area contributed by atoms with Crippen molar-refractivity contribution in [1.82, 2.24) is 0 Å².